The number of benzene rings is 2. The predicted octanol–water partition coefficient (Wildman–Crippen LogP) is 0.0792. The molecule has 3 fully saturated rings. The van der Waals surface area contributed by atoms with Crippen LogP contribution in [0.1, 0.15) is 145 Å². The number of hydrogen-bond donors (Lipinski definition) is 14. The molecule has 0 unspecified atom stereocenters. The van der Waals surface area contributed by atoms with E-state index in [9.17, 15) is 63.0 Å². The molecule has 14 amide bonds. The van der Waals surface area contributed by atoms with Crippen molar-refractivity contribution >= 4 is 116 Å². The molecule has 36 heteroatoms. The number of rotatable bonds is 20. The second-order valence-corrected chi connectivity index (χ2v) is 32.0. The van der Waals surface area contributed by atoms with Crippen LogP contribution in [0.3, 0.4) is 0 Å². The van der Waals surface area contributed by atoms with E-state index in [1.54, 1.807) is 109 Å². The van der Waals surface area contributed by atoms with Crippen LogP contribution in [0.4, 0.5) is 0 Å². The third kappa shape index (κ3) is 28.4. The molecule has 5 rings (SSSR count). The van der Waals surface area contributed by atoms with Crippen molar-refractivity contribution < 1.29 is 96.4 Å². The van der Waals surface area contributed by atoms with Crippen molar-refractivity contribution in [2.75, 3.05) is 38.8 Å². The van der Waals surface area contributed by atoms with Gasteiger partial charge < -0.3 is 93.3 Å². The first kappa shape index (κ1) is 93.9. The number of fused-ring (bicyclic) bond motifs is 6. The quantitative estimate of drug-likeness (QED) is 0.0474. The number of aliphatic carboxylic acids is 1. The minimum absolute atomic E-state index is 0.0134. The maximum atomic E-state index is 15.6. The van der Waals surface area contributed by atoms with Gasteiger partial charge in [-0.1, -0.05) is 163 Å². The van der Waals surface area contributed by atoms with Crippen LogP contribution in [-0.4, -0.2) is 244 Å². The van der Waals surface area contributed by atoms with Crippen molar-refractivity contribution in [2.45, 2.75) is 238 Å². The summed E-state index contributed by atoms with van der Waals surface area (Å²) in [5.74, 6) is -19.1. The second kappa shape index (κ2) is 45.9. The number of likely N-dealkylation sites (N-methyl/N-ethyl adjacent to an activating group) is 1. The Morgan fingerprint density at radius 2 is 1.13 bits per heavy atom. The monoisotopic (exact) mass is 1620 g/mol. The van der Waals surface area contributed by atoms with Gasteiger partial charge in [0.25, 0.3) is 5.91 Å². The molecule has 0 aliphatic carbocycles. The van der Waals surface area contributed by atoms with Gasteiger partial charge in [-0.2, -0.15) is 0 Å². The Balaban J connectivity index is 1.80. The van der Waals surface area contributed by atoms with E-state index in [1.807, 2.05) is 6.92 Å². The SMILES string of the molecule is C=C1NC(=O)[C@H]([C@@H](C)CC)NC(=O)[C@@H]2CSSC[C@@H](NC(=O)CCC(=O)O)C(=O)N[C@@H](Cc3ccccc3)C(=O)N[C@H](C)C(=O)N[C@@H](C[C@@H](C)CC)C(=O)N[C@@H](C(=O)N[C@H](Cc3ccccc3)C(=O)N3CCC[C@H]3C(=O)N2)[C@@H](C)OC(=O)[C@H](CO)NC(=O)[C@H]([C@@H](C)OC)N(C)C(=O)[C@@H](C(C)C)NC(=O)[C@H](C[C@H](C)CC)NC1=O. The van der Waals surface area contributed by atoms with Gasteiger partial charge in [-0.05, 0) is 81.3 Å². The van der Waals surface area contributed by atoms with Gasteiger partial charge in [0.05, 0.1) is 24.8 Å². The summed E-state index contributed by atoms with van der Waals surface area (Å²) < 4.78 is 11.5. The van der Waals surface area contributed by atoms with Gasteiger partial charge in [0.15, 0.2) is 6.04 Å². The molecule has 18 atom stereocenters. The summed E-state index contributed by atoms with van der Waals surface area (Å²) in [5.41, 5.74) is 0.407. The van der Waals surface area contributed by atoms with E-state index in [0.717, 1.165) is 26.5 Å². The summed E-state index contributed by atoms with van der Waals surface area (Å²) in [4.78, 5) is 236. The van der Waals surface area contributed by atoms with E-state index < -0.39 is 228 Å². The zero-order chi connectivity index (χ0) is 84.1. The van der Waals surface area contributed by atoms with Gasteiger partial charge in [-0.25, -0.2) is 4.79 Å². The van der Waals surface area contributed by atoms with E-state index >= 15 is 24.0 Å². The van der Waals surface area contributed by atoms with Crippen molar-refractivity contribution in [3.63, 3.8) is 0 Å². The van der Waals surface area contributed by atoms with E-state index in [4.69, 9.17) is 9.47 Å². The number of aliphatic hydroxyl groups excluding tert-OH is 1. The Bertz CT molecular complexity index is 3690. The second-order valence-electron chi connectivity index (χ2n) is 29.4. The number of cyclic esters (lactones) is 1. The molecular weight excluding hydrogens is 1510 g/mol. The topological polar surface area (TPSA) is 483 Å². The van der Waals surface area contributed by atoms with Crippen molar-refractivity contribution in [3.8, 4) is 0 Å². The molecule has 113 heavy (non-hydrogen) atoms. The predicted molar refractivity (Wildman–Crippen MR) is 419 cm³/mol. The highest BCUT2D eigenvalue weighted by molar-refractivity contribution is 8.76. The number of ether oxygens (including phenoxy) is 2. The molecule has 3 aliphatic heterocycles. The van der Waals surface area contributed by atoms with Crippen molar-refractivity contribution in [1.29, 1.82) is 0 Å². The standard InChI is InChI=1S/C77H114N14O20S2/c1-15-41(6)33-50-67(99)87-60(40(4)5)76(108)90(13)63(47(12)110-14)74(106)85-54(37-92)77(109)111-46(11)62-73(105)84-53(36-49-27-22-19-23-28-49)75(107)91-32-24-29-57(91)71(103)86-56(70(102)88-61(43(8)17-3)72(104)79-45(10)65(97)81-50)39-113-112-38-55(80-58(93)30-31-59(94)95)69(101)83-52(35-48-25-20-18-21-26-48)66(98)78-44(9)64(96)82-51(68(100)89-62)34-42(7)16-2/h18-23,25-28,40-44,46-47,50-57,60-63,92H,10,15-17,24,29-39H2,1-9,11-14H3,(H,78,98)(H,79,104)(H,80,93)(H,81,97)(H,82,96)(H,83,101)(H,84,105)(H,85,106)(H,86,103)(H,87,99)(H,88,102)(H,89,100)(H,94,95)/t41-,42+,43+,44-,46-,47-,50+,51+,52+,53-,54+,55-,56+,57+,60-,61+,62-,63+/m1/s1. The van der Waals surface area contributed by atoms with Gasteiger partial charge in [0.2, 0.25) is 76.8 Å². The zero-order valence-electron chi connectivity index (χ0n) is 66.5. The Morgan fingerprint density at radius 1 is 0.593 bits per heavy atom. The van der Waals surface area contributed by atoms with Gasteiger partial charge in [-0.3, -0.25) is 71.9 Å². The Hall–Kier alpha value is -9.68. The number of carbonyl (C=O) groups is 16. The Labute approximate surface area is 667 Å². The third-order valence-electron chi connectivity index (χ3n) is 20.3. The number of aliphatic hydroxyl groups is 1. The minimum Gasteiger partial charge on any atom is -0.481 e. The number of methoxy groups -OCH3 is 1. The van der Waals surface area contributed by atoms with Crippen LogP contribution in [0.15, 0.2) is 72.9 Å². The molecule has 2 bridgehead atoms. The lowest BCUT2D eigenvalue weighted by molar-refractivity contribution is -0.158. The van der Waals surface area contributed by atoms with E-state index in [0.29, 0.717) is 24.0 Å². The molecule has 3 saturated heterocycles. The average Bonchev–Trinajstić information content (AvgIpc) is 1.75. The smallest absolute Gasteiger partial charge is 0.331 e. The first-order valence-corrected chi connectivity index (χ1v) is 40.7. The maximum Gasteiger partial charge on any atom is 0.331 e. The number of carbonyl (C=O) groups excluding carboxylic acids is 15. The number of amides is 14. The van der Waals surface area contributed by atoms with Crippen LogP contribution in [-0.2, 0) is 99.0 Å². The molecule has 0 radical (unpaired) electrons. The number of carboxylic acids is 1. The highest BCUT2D eigenvalue weighted by Crippen LogP contribution is 2.27. The molecule has 3 heterocycles. The first-order valence-electron chi connectivity index (χ1n) is 38.3. The van der Waals surface area contributed by atoms with Crippen LogP contribution < -0.4 is 63.8 Å². The van der Waals surface area contributed by atoms with Gasteiger partial charge in [0, 0.05) is 51.5 Å². The zero-order valence-corrected chi connectivity index (χ0v) is 68.1. The fraction of sp³-hybridized carbons (Fsp3) is 0.610. The molecule has 3 aliphatic rings. The van der Waals surface area contributed by atoms with Crippen LogP contribution in [0.5, 0.6) is 0 Å². The van der Waals surface area contributed by atoms with Crippen molar-refractivity contribution in [2.24, 2.45) is 23.7 Å². The van der Waals surface area contributed by atoms with Crippen LogP contribution in [0, 0.1) is 23.7 Å². The van der Waals surface area contributed by atoms with Crippen LogP contribution >= 0.6 is 21.6 Å². The summed E-state index contributed by atoms with van der Waals surface area (Å²) >= 11 is 0. The third-order valence-corrected chi connectivity index (χ3v) is 22.7. The highest BCUT2D eigenvalue weighted by atomic mass is 33.1. The number of nitrogens with one attached hydrogen (secondary N) is 12. The molecule has 624 valence electrons. The minimum atomic E-state index is -2.05. The molecular formula is C77H114N14O20S2. The van der Waals surface area contributed by atoms with E-state index in [2.05, 4.69) is 70.4 Å². The van der Waals surface area contributed by atoms with Crippen molar-refractivity contribution in [1.82, 2.24) is 73.6 Å². The summed E-state index contributed by atoms with van der Waals surface area (Å²) in [7, 11) is 4.24. The molecule has 34 nitrogen and oxygen atoms in total. The van der Waals surface area contributed by atoms with Gasteiger partial charge in [0.1, 0.15) is 78.6 Å². The van der Waals surface area contributed by atoms with Crippen LogP contribution in [0.2, 0.25) is 0 Å². The first-order chi connectivity index (χ1) is 53.5. The number of esters is 1. The van der Waals surface area contributed by atoms with E-state index in [1.165, 1.54) is 39.8 Å². The highest BCUT2D eigenvalue weighted by Gasteiger charge is 2.45. The number of hydrogen-bond acceptors (Lipinski definition) is 21. The molecule has 2 aromatic carbocycles. The Morgan fingerprint density at radius 3 is 1.70 bits per heavy atom. The van der Waals surface area contributed by atoms with E-state index in [-0.39, 0.29) is 69.1 Å². The van der Waals surface area contributed by atoms with Gasteiger partial charge >= 0.3 is 11.9 Å². The lowest BCUT2D eigenvalue weighted by atomic mass is 9.96. The lowest BCUT2D eigenvalue weighted by Crippen LogP contribution is -2.63. The van der Waals surface area contributed by atoms with Crippen molar-refractivity contribution in [3.05, 3.63) is 84.1 Å². The fourth-order valence-electron chi connectivity index (χ4n) is 12.6. The van der Waals surface area contributed by atoms with Gasteiger partial charge in [-0.15, -0.1) is 0 Å². The molecule has 0 spiro atoms. The maximum absolute atomic E-state index is 15.6. The molecule has 14 N–H and O–H groups in total. The fourth-order valence-corrected chi connectivity index (χ4v) is 15.0. The van der Waals surface area contributed by atoms with Crippen LogP contribution in [0.25, 0.3) is 0 Å². The summed E-state index contributed by atoms with van der Waals surface area (Å²) in [5, 5.41) is 51.9. The number of nitrogens with zero attached hydrogens (tertiary/aromatic N) is 2. The molecule has 2 aromatic rings. The molecule has 0 saturated carbocycles. The Kier molecular flexibility index (Phi) is 38.1. The summed E-state index contributed by atoms with van der Waals surface area (Å²) in [6.45, 7) is 20.1. The summed E-state index contributed by atoms with van der Waals surface area (Å²) in [6.07, 6.45) is -3.54. The summed E-state index contributed by atoms with van der Waals surface area (Å²) in [6, 6.07) is -4.17. The lowest BCUT2D eigenvalue weighted by Gasteiger charge is -2.36. The largest absolute Gasteiger partial charge is 0.481 e. The normalized spacial score (nSPS) is 27.4. The molecule has 0 aromatic heterocycles. The average molecular weight is 1620 g/mol. The number of carboxylic acid groups (broad SMARTS) is 1.